The Morgan fingerprint density at radius 2 is 1.07 bits per heavy atom. The molecule has 0 spiro atoms. The van der Waals surface area contributed by atoms with Crippen molar-refractivity contribution >= 4 is 12.4 Å². The number of aromatic hydroxyl groups is 1. The van der Waals surface area contributed by atoms with E-state index in [1.807, 2.05) is 36.4 Å². The molecule has 0 saturated carbocycles. The van der Waals surface area contributed by atoms with E-state index in [0.29, 0.717) is 18.8 Å². The summed E-state index contributed by atoms with van der Waals surface area (Å²) in [7, 11) is 0. The van der Waals surface area contributed by atoms with Crippen molar-refractivity contribution in [3.8, 4) is 5.75 Å². The SMILES string of the molecule is CC(C)(C)c1cc(CNCc2ccccc2)c(O)c(CNCc2ccccc2)c1.Cl. The van der Waals surface area contributed by atoms with Crippen molar-refractivity contribution in [1.29, 1.82) is 0 Å². The monoisotopic (exact) mass is 424 g/mol. The van der Waals surface area contributed by atoms with Gasteiger partial charge in [0.05, 0.1) is 0 Å². The fraction of sp³-hybridized carbons (Fsp3) is 0.308. The molecule has 0 bridgehead atoms. The van der Waals surface area contributed by atoms with E-state index < -0.39 is 0 Å². The molecule has 0 radical (unpaired) electrons. The molecular formula is C26H33ClN2O. The highest BCUT2D eigenvalue weighted by atomic mass is 35.5. The second-order valence-electron chi connectivity index (χ2n) is 8.57. The molecule has 0 aromatic heterocycles. The standard InChI is InChI=1S/C26H32N2O.ClH/c1-26(2,3)24-14-22(18-27-16-20-10-6-4-7-11-20)25(29)23(15-24)19-28-17-21-12-8-5-9-13-21;/h4-15,27-29H,16-19H2,1-3H3;1H. The number of benzene rings is 3. The van der Waals surface area contributed by atoms with Gasteiger partial charge in [-0.25, -0.2) is 0 Å². The molecule has 0 aliphatic heterocycles. The minimum atomic E-state index is 0. The van der Waals surface area contributed by atoms with Gasteiger partial charge >= 0.3 is 0 Å². The van der Waals surface area contributed by atoms with Crippen molar-refractivity contribution in [1.82, 2.24) is 10.6 Å². The molecule has 3 nitrogen and oxygen atoms in total. The maximum absolute atomic E-state index is 10.9. The van der Waals surface area contributed by atoms with Gasteiger partial charge in [-0.15, -0.1) is 12.4 Å². The van der Waals surface area contributed by atoms with Crippen molar-refractivity contribution in [2.75, 3.05) is 0 Å². The van der Waals surface area contributed by atoms with Gasteiger partial charge in [0.2, 0.25) is 0 Å². The average Bonchev–Trinajstić information content (AvgIpc) is 2.71. The van der Waals surface area contributed by atoms with Gasteiger partial charge in [0, 0.05) is 37.3 Å². The Labute approximate surface area is 187 Å². The van der Waals surface area contributed by atoms with E-state index in [-0.39, 0.29) is 17.8 Å². The minimum absolute atomic E-state index is 0. The van der Waals surface area contributed by atoms with Crippen LogP contribution in [0.1, 0.15) is 48.6 Å². The van der Waals surface area contributed by atoms with E-state index in [9.17, 15) is 5.11 Å². The van der Waals surface area contributed by atoms with Gasteiger partial charge < -0.3 is 15.7 Å². The summed E-state index contributed by atoms with van der Waals surface area (Å²) in [6.45, 7) is 9.46. The zero-order valence-corrected chi connectivity index (χ0v) is 18.9. The van der Waals surface area contributed by atoms with Crippen molar-refractivity contribution < 1.29 is 5.11 Å². The maximum atomic E-state index is 10.9. The fourth-order valence-corrected chi connectivity index (χ4v) is 3.34. The van der Waals surface area contributed by atoms with Gasteiger partial charge in [0.1, 0.15) is 5.75 Å². The highest BCUT2D eigenvalue weighted by molar-refractivity contribution is 5.85. The third-order valence-corrected chi connectivity index (χ3v) is 5.11. The first kappa shape index (κ1) is 23.9. The Balaban J connectivity index is 0.00000320. The molecule has 0 heterocycles. The molecule has 0 unspecified atom stereocenters. The van der Waals surface area contributed by atoms with Gasteiger partial charge in [-0.05, 0) is 22.1 Å². The zero-order chi connectivity index (χ0) is 20.7. The topological polar surface area (TPSA) is 44.3 Å². The van der Waals surface area contributed by atoms with E-state index in [2.05, 4.69) is 67.8 Å². The summed E-state index contributed by atoms with van der Waals surface area (Å²) in [4.78, 5) is 0. The highest BCUT2D eigenvalue weighted by Gasteiger charge is 2.18. The number of nitrogens with one attached hydrogen (secondary N) is 2. The Bertz CT molecular complexity index is 839. The maximum Gasteiger partial charge on any atom is 0.124 e. The van der Waals surface area contributed by atoms with Crippen molar-refractivity contribution in [3.63, 3.8) is 0 Å². The lowest BCUT2D eigenvalue weighted by molar-refractivity contribution is 0.451. The summed E-state index contributed by atoms with van der Waals surface area (Å²) in [6, 6.07) is 24.9. The van der Waals surface area contributed by atoms with Crippen LogP contribution in [0.3, 0.4) is 0 Å². The van der Waals surface area contributed by atoms with Crippen LogP contribution in [-0.2, 0) is 31.6 Å². The molecule has 3 aromatic rings. The molecule has 0 amide bonds. The van der Waals surface area contributed by atoms with Gasteiger partial charge in [0.15, 0.2) is 0 Å². The van der Waals surface area contributed by atoms with Crippen LogP contribution in [0.4, 0.5) is 0 Å². The molecule has 0 fully saturated rings. The van der Waals surface area contributed by atoms with Crippen LogP contribution in [0, 0.1) is 0 Å². The van der Waals surface area contributed by atoms with Crippen molar-refractivity contribution in [2.45, 2.75) is 52.4 Å². The molecule has 0 saturated heterocycles. The molecule has 30 heavy (non-hydrogen) atoms. The summed E-state index contributed by atoms with van der Waals surface area (Å²) in [6.07, 6.45) is 0. The third-order valence-electron chi connectivity index (χ3n) is 5.11. The van der Waals surface area contributed by atoms with Gasteiger partial charge in [-0.2, -0.15) is 0 Å². The van der Waals surface area contributed by atoms with Crippen LogP contribution in [-0.4, -0.2) is 5.11 Å². The lowest BCUT2D eigenvalue weighted by Crippen LogP contribution is -2.18. The predicted octanol–water partition coefficient (Wildman–Crippen LogP) is 5.69. The third kappa shape index (κ3) is 6.88. The lowest BCUT2D eigenvalue weighted by atomic mass is 9.84. The van der Waals surface area contributed by atoms with E-state index in [1.54, 1.807) is 0 Å². The number of hydrogen-bond donors (Lipinski definition) is 3. The molecule has 160 valence electrons. The van der Waals surface area contributed by atoms with Crippen molar-refractivity contribution in [3.05, 3.63) is 101 Å². The summed E-state index contributed by atoms with van der Waals surface area (Å²) in [5, 5.41) is 17.8. The molecular weight excluding hydrogens is 392 g/mol. The smallest absolute Gasteiger partial charge is 0.124 e. The average molecular weight is 425 g/mol. The van der Waals surface area contributed by atoms with E-state index >= 15 is 0 Å². The van der Waals surface area contributed by atoms with Crippen molar-refractivity contribution in [2.24, 2.45) is 0 Å². The Morgan fingerprint density at radius 1 is 0.667 bits per heavy atom. The first-order chi connectivity index (χ1) is 13.9. The van der Waals surface area contributed by atoms with E-state index in [4.69, 9.17) is 0 Å². The molecule has 3 N–H and O–H groups in total. The van der Waals surface area contributed by atoms with E-state index in [0.717, 1.165) is 24.2 Å². The van der Waals surface area contributed by atoms with Crippen LogP contribution in [0.2, 0.25) is 0 Å². The minimum Gasteiger partial charge on any atom is -0.507 e. The largest absolute Gasteiger partial charge is 0.507 e. The molecule has 0 atom stereocenters. The zero-order valence-electron chi connectivity index (χ0n) is 18.1. The van der Waals surface area contributed by atoms with Crippen LogP contribution < -0.4 is 10.6 Å². The van der Waals surface area contributed by atoms with Crippen LogP contribution in [0.5, 0.6) is 5.75 Å². The number of rotatable bonds is 8. The van der Waals surface area contributed by atoms with Gasteiger partial charge in [0.25, 0.3) is 0 Å². The lowest BCUT2D eigenvalue weighted by Gasteiger charge is -2.23. The summed E-state index contributed by atoms with van der Waals surface area (Å²) in [5.74, 6) is 0.388. The second kappa shape index (κ2) is 11.2. The molecule has 4 heteroatoms. The molecule has 0 aliphatic carbocycles. The number of hydrogen-bond acceptors (Lipinski definition) is 3. The first-order valence-electron chi connectivity index (χ1n) is 10.3. The van der Waals surface area contributed by atoms with Gasteiger partial charge in [-0.3, -0.25) is 0 Å². The Morgan fingerprint density at radius 3 is 1.43 bits per heavy atom. The Hall–Kier alpha value is -2.33. The Kier molecular flexibility index (Phi) is 8.91. The van der Waals surface area contributed by atoms with Gasteiger partial charge in [-0.1, -0.05) is 93.6 Å². The van der Waals surface area contributed by atoms with E-state index in [1.165, 1.54) is 16.7 Å². The number of halogens is 1. The first-order valence-corrected chi connectivity index (χ1v) is 10.3. The predicted molar refractivity (Wildman–Crippen MR) is 128 cm³/mol. The summed E-state index contributed by atoms with van der Waals surface area (Å²) in [5.41, 5.74) is 5.64. The molecule has 3 aromatic carbocycles. The fourth-order valence-electron chi connectivity index (χ4n) is 3.34. The second-order valence-corrected chi connectivity index (χ2v) is 8.57. The summed E-state index contributed by atoms with van der Waals surface area (Å²) < 4.78 is 0. The van der Waals surface area contributed by atoms with Crippen LogP contribution in [0.25, 0.3) is 0 Å². The normalized spacial score (nSPS) is 11.2. The highest BCUT2D eigenvalue weighted by Crippen LogP contribution is 2.31. The molecule has 3 rings (SSSR count). The summed E-state index contributed by atoms with van der Waals surface area (Å²) >= 11 is 0. The molecule has 0 aliphatic rings. The number of phenolic OH excluding ortho intramolecular Hbond substituents is 1. The van der Waals surface area contributed by atoms with Crippen LogP contribution >= 0.6 is 12.4 Å². The van der Waals surface area contributed by atoms with Crippen LogP contribution in [0.15, 0.2) is 72.8 Å². The number of phenols is 1. The quantitative estimate of drug-likeness (QED) is 0.435.